The van der Waals surface area contributed by atoms with Gasteiger partial charge in [-0.3, -0.25) is 4.98 Å². The molecule has 2 aromatic heterocycles. The van der Waals surface area contributed by atoms with Gasteiger partial charge in [0.05, 0.1) is 15.6 Å². The van der Waals surface area contributed by atoms with Gasteiger partial charge in [0, 0.05) is 36.3 Å². The molecule has 5 nitrogen and oxygen atoms in total. The highest BCUT2D eigenvalue weighted by Gasteiger charge is 2.19. The summed E-state index contributed by atoms with van der Waals surface area (Å²) in [6, 6.07) is 7.60. The largest absolute Gasteiger partial charge is 0.265 e. The van der Waals surface area contributed by atoms with Gasteiger partial charge in [-0.1, -0.05) is 17.7 Å². The molecule has 0 aliphatic rings. The van der Waals surface area contributed by atoms with Crippen molar-refractivity contribution in [2.75, 3.05) is 6.54 Å². The second-order valence-electron chi connectivity index (χ2n) is 6.24. The smallest absolute Gasteiger partial charge is 0.241 e. The summed E-state index contributed by atoms with van der Waals surface area (Å²) in [4.78, 5) is 8.95. The Morgan fingerprint density at radius 1 is 1.08 bits per heavy atom. The summed E-state index contributed by atoms with van der Waals surface area (Å²) >= 11 is 1.53. The van der Waals surface area contributed by atoms with E-state index in [1.165, 1.54) is 11.3 Å². The molecule has 26 heavy (non-hydrogen) atoms. The van der Waals surface area contributed by atoms with Crippen molar-refractivity contribution in [2.24, 2.45) is 0 Å². The van der Waals surface area contributed by atoms with Crippen LogP contribution in [0.3, 0.4) is 0 Å². The number of sulfonamides is 1. The molecule has 1 aromatic carbocycles. The number of rotatable bonds is 6. The zero-order chi connectivity index (χ0) is 18.7. The fourth-order valence-electron chi connectivity index (χ4n) is 3.04. The lowest BCUT2D eigenvalue weighted by Gasteiger charge is -2.12. The second kappa shape index (κ2) is 7.65. The van der Waals surface area contributed by atoms with Crippen LogP contribution < -0.4 is 4.72 Å². The summed E-state index contributed by atoms with van der Waals surface area (Å²) in [5.74, 6) is 0. The van der Waals surface area contributed by atoms with Gasteiger partial charge < -0.3 is 0 Å². The molecular formula is C19H21N3O2S2. The molecule has 136 valence electrons. The van der Waals surface area contributed by atoms with Crippen molar-refractivity contribution in [3.05, 3.63) is 63.7 Å². The topological polar surface area (TPSA) is 72.0 Å². The van der Waals surface area contributed by atoms with Crippen LogP contribution in [0.25, 0.3) is 11.3 Å². The molecular weight excluding hydrogens is 366 g/mol. The van der Waals surface area contributed by atoms with Crippen molar-refractivity contribution >= 4 is 21.4 Å². The van der Waals surface area contributed by atoms with E-state index in [1.807, 2.05) is 50.4 Å². The van der Waals surface area contributed by atoms with E-state index in [-0.39, 0.29) is 0 Å². The van der Waals surface area contributed by atoms with Crippen LogP contribution in [0.2, 0.25) is 0 Å². The number of nitrogens with one attached hydrogen (secondary N) is 1. The van der Waals surface area contributed by atoms with E-state index in [0.29, 0.717) is 17.9 Å². The molecule has 0 spiro atoms. The Balaban J connectivity index is 1.68. The standard InChI is InChI=1S/C19H21N3O2S2/c1-13-10-14(2)19(15(3)11-13)26(23,24)21-9-6-18-22-17(12-25-18)16-4-7-20-8-5-16/h4-5,7-8,10-12,21H,6,9H2,1-3H3. The minimum atomic E-state index is -3.54. The van der Waals surface area contributed by atoms with Crippen molar-refractivity contribution in [1.29, 1.82) is 0 Å². The van der Waals surface area contributed by atoms with Crippen LogP contribution in [0, 0.1) is 20.8 Å². The number of aryl methyl sites for hydroxylation is 3. The third-order valence-electron chi connectivity index (χ3n) is 4.03. The van der Waals surface area contributed by atoms with E-state index < -0.39 is 10.0 Å². The molecule has 3 rings (SSSR count). The lowest BCUT2D eigenvalue weighted by Crippen LogP contribution is -2.27. The van der Waals surface area contributed by atoms with Gasteiger partial charge in [0.2, 0.25) is 10.0 Å². The van der Waals surface area contributed by atoms with Gasteiger partial charge in [0.15, 0.2) is 0 Å². The van der Waals surface area contributed by atoms with E-state index in [4.69, 9.17) is 0 Å². The Kier molecular flexibility index (Phi) is 5.50. The molecule has 0 bridgehead atoms. The van der Waals surface area contributed by atoms with Crippen molar-refractivity contribution in [2.45, 2.75) is 32.1 Å². The molecule has 0 aliphatic carbocycles. The van der Waals surface area contributed by atoms with Gasteiger partial charge in [-0.25, -0.2) is 18.1 Å². The summed E-state index contributed by atoms with van der Waals surface area (Å²) in [6.45, 7) is 5.94. The first-order valence-electron chi connectivity index (χ1n) is 8.29. The van der Waals surface area contributed by atoms with Crippen LogP contribution in [0.1, 0.15) is 21.7 Å². The first-order chi connectivity index (χ1) is 12.4. The first-order valence-corrected chi connectivity index (χ1v) is 10.7. The van der Waals surface area contributed by atoms with Gasteiger partial charge in [0.1, 0.15) is 0 Å². The van der Waals surface area contributed by atoms with Crippen LogP contribution in [0.4, 0.5) is 0 Å². The van der Waals surface area contributed by atoms with E-state index in [1.54, 1.807) is 12.4 Å². The predicted octanol–water partition coefficient (Wildman–Crippen LogP) is 3.65. The third-order valence-corrected chi connectivity index (χ3v) is 6.71. The summed E-state index contributed by atoms with van der Waals surface area (Å²) < 4.78 is 28.0. The quantitative estimate of drug-likeness (QED) is 0.701. The Morgan fingerprint density at radius 2 is 1.73 bits per heavy atom. The highest BCUT2D eigenvalue weighted by molar-refractivity contribution is 7.89. The van der Waals surface area contributed by atoms with Gasteiger partial charge in [-0.15, -0.1) is 11.3 Å². The van der Waals surface area contributed by atoms with Crippen LogP contribution >= 0.6 is 11.3 Å². The Bertz CT molecular complexity index is 989. The molecule has 0 fully saturated rings. The maximum absolute atomic E-state index is 12.7. The average Bonchev–Trinajstić information content (AvgIpc) is 3.03. The highest BCUT2D eigenvalue weighted by Crippen LogP contribution is 2.23. The molecule has 7 heteroatoms. The minimum Gasteiger partial charge on any atom is -0.265 e. The van der Waals surface area contributed by atoms with Crippen molar-refractivity contribution in [1.82, 2.24) is 14.7 Å². The predicted molar refractivity (Wildman–Crippen MR) is 105 cm³/mol. The van der Waals surface area contributed by atoms with E-state index in [9.17, 15) is 8.42 Å². The molecule has 2 heterocycles. The number of hydrogen-bond donors (Lipinski definition) is 1. The molecule has 0 amide bonds. The Hall–Kier alpha value is -2.09. The summed E-state index contributed by atoms with van der Waals surface area (Å²) in [5, 5.41) is 2.88. The van der Waals surface area contributed by atoms with Crippen LogP contribution in [0.15, 0.2) is 46.9 Å². The number of pyridine rings is 1. The number of aromatic nitrogens is 2. The summed E-state index contributed by atoms with van der Waals surface area (Å²) in [6.07, 6.45) is 4.02. The van der Waals surface area contributed by atoms with Crippen molar-refractivity contribution in [3.63, 3.8) is 0 Å². The lowest BCUT2D eigenvalue weighted by atomic mass is 10.1. The average molecular weight is 388 g/mol. The van der Waals surface area contributed by atoms with E-state index in [2.05, 4.69) is 14.7 Å². The normalized spacial score (nSPS) is 11.7. The number of benzene rings is 1. The van der Waals surface area contributed by atoms with Gasteiger partial charge in [-0.2, -0.15) is 0 Å². The highest BCUT2D eigenvalue weighted by atomic mass is 32.2. The monoisotopic (exact) mass is 387 g/mol. The molecule has 3 aromatic rings. The number of thiazole rings is 1. The first kappa shape index (κ1) is 18.7. The number of hydrogen-bond acceptors (Lipinski definition) is 5. The fourth-order valence-corrected chi connectivity index (χ4v) is 5.32. The van der Waals surface area contributed by atoms with E-state index >= 15 is 0 Å². The summed E-state index contributed by atoms with van der Waals surface area (Å²) in [5.41, 5.74) is 4.49. The molecule has 0 aliphatic heterocycles. The van der Waals surface area contributed by atoms with Gasteiger partial charge in [0.25, 0.3) is 0 Å². The van der Waals surface area contributed by atoms with Crippen molar-refractivity contribution in [3.8, 4) is 11.3 Å². The molecule has 0 saturated heterocycles. The fraction of sp³-hybridized carbons (Fsp3) is 0.263. The molecule has 0 saturated carbocycles. The number of nitrogens with zero attached hydrogens (tertiary/aromatic N) is 2. The molecule has 0 radical (unpaired) electrons. The summed E-state index contributed by atoms with van der Waals surface area (Å²) in [7, 11) is -3.54. The minimum absolute atomic E-state index is 0.318. The second-order valence-corrected chi connectivity index (χ2v) is 8.88. The Labute approximate surface area is 158 Å². The maximum atomic E-state index is 12.7. The van der Waals surface area contributed by atoms with Crippen LogP contribution in [-0.4, -0.2) is 24.9 Å². The van der Waals surface area contributed by atoms with Gasteiger partial charge in [-0.05, 0) is 44.0 Å². The SMILES string of the molecule is Cc1cc(C)c(S(=O)(=O)NCCc2nc(-c3ccncc3)cs2)c(C)c1. The Morgan fingerprint density at radius 3 is 2.38 bits per heavy atom. The molecule has 0 atom stereocenters. The zero-order valence-electron chi connectivity index (χ0n) is 15.0. The molecule has 1 N–H and O–H groups in total. The van der Waals surface area contributed by atoms with E-state index in [0.717, 1.165) is 33.0 Å². The van der Waals surface area contributed by atoms with Crippen molar-refractivity contribution < 1.29 is 8.42 Å². The third kappa shape index (κ3) is 4.17. The zero-order valence-corrected chi connectivity index (χ0v) is 16.6. The molecule has 0 unspecified atom stereocenters. The van der Waals surface area contributed by atoms with Crippen LogP contribution in [-0.2, 0) is 16.4 Å². The lowest BCUT2D eigenvalue weighted by molar-refractivity contribution is 0.580. The van der Waals surface area contributed by atoms with Gasteiger partial charge >= 0.3 is 0 Å². The van der Waals surface area contributed by atoms with Crippen LogP contribution in [0.5, 0.6) is 0 Å². The maximum Gasteiger partial charge on any atom is 0.241 e.